The molecule has 0 saturated heterocycles. The largest absolute Gasteiger partial charge is 0.508 e. The zero-order chi connectivity index (χ0) is 12.6. The van der Waals surface area contributed by atoms with Crippen molar-refractivity contribution in [2.75, 3.05) is 6.54 Å². The summed E-state index contributed by atoms with van der Waals surface area (Å²) in [6.45, 7) is 9.96. The summed E-state index contributed by atoms with van der Waals surface area (Å²) in [5, 5.41) is 9.30. The molecule has 17 heavy (non-hydrogen) atoms. The second-order valence-electron chi connectivity index (χ2n) is 5.78. The van der Waals surface area contributed by atoms with Crippen LogP contribution in [0, 0.1) is 0 Å². The molecule has 1 aliphatic rings. The Morgan fingerprint density at radius 2 is 1.76 bits per heavy atom. The molecule has 0 aromatic heterocycles. The summed E-state index contributed by atoms with van der Waals surface area (Å²) in [5.74, 6) is 0.327. The number of hydrogen-bond acceptors (Lipinski definition) is 2. The van der Waals surface area contributed by atoms with Crippen LogP contribution in [0.4, 0.5) is 0 Å². The number of phenolic OH excluding ortho intramolecular Hbond substituents is 1. The van der Waals surface area contributed by atoms with Crippen molar-refractivity contribution < 1.29 is 5.11 Å². The molecule has 0 fully saturated rings. The summed E-state index contributed by atoms with van der Waals surface area (Å²) in [7, 11) is 0. The molecular formula is C15H21NO. The monoisotopic (exact) mass is 231 g/mol. The summed E-state index contributed by atoms with van der Waals surface area (Å²) in [6.07, 6.45) is 2.32. The van der Waals surface area contributed by atoms with Crippen LogP contribution in [0.5, 0.6) is 5.75 Å². The molecular weight excluding hydrogens is 210 g/mol. The van der Waals surface area contributed by atoms with Gasteiger partial charge in [-0.1, -0.05) is 18.2 Å². The van der Waals surface area contributed by atoms with Crippen LogP contribution in [0.15, 0.2) is 30.3 Å². The van der Waals surface area contributed by atoms with Crippen molar-refractivity contribution in [2.45, 2.75) is 39.3 Å². The van der Waals surface area contributed by atoms with Gasteiger partial charge in [0.05, 0.1) is 0 Å². The van der Waals surface area contributed by atoms with Gasteiger partial charge in [-0.05, 0) is 51.0 Å². The van der Waals surface area contributed by atoms with Crippen molar-refractivity contribution in [1.82, 2.24) is 4.90 Å². The second kappa shape index (κ2) is 4.19. The average molecular weight is 231 g/mol. The molecule has 1 aromatic carbocycles. The van der Waals surface area contributed by atoms with Gasteiger partial charge in [-0.3, -0.25) is 4.90 Å². The predicted octanol–water partition coefficient (Wildman–Crippen LogP) is 3.28. The summed E-state index contributed by atoms with van der Waals surface area (Å²) in [6, 6.07) is 7.94. The molecule has 0 radical (unpaired) electrons. The highest BCUT2D eigenvalue weighted by Crippen LogP contribution is 2.30. The maximum atomic E-state index is 9.30. The summed E-state index contributed by atoms with van der Waals surface area (Å²) < 4.78 is 0. The van der Waals surface area contributed by atoms with Crippen molar-refractivity contribution in [3.05, 3.63) is 35.9 Å². The third-order valence-electron chi connectivity index (χ3n) is 3.37. The van der Waals surface area contributed by atoms with Crippen LogP contribution in [-0.4, -0.2) is 28.1 Å². The van der Waals surface area contributed by atoms with E-state index in [0.717, 1.165) is 6.54 Å². The molecule has 0 bridgehead atoms. The fraction of sp³-hybridized carbons (Fsp3) is 0.467. The Kier molecular flexibility index (Phi) is 3.00. The number of nitrogens with zero attached hydrogens (tertiary/aromatic N) is 1. The molecule has 1 N–H and O–H groups in total. The van der Waals surface area contributed by atoms with Gasteiger partial charge in [0.2, 0.25) is 0 Å². The lowest BCUT2D eigenvalue weighted by Gasteiger charge is -2.35. The van der Waals surface area contributed by atoms with E-state index in [4.69, 9.17) is 0 Å². The Balaban J connectivity index is 2.21. The van der Waals surface area contributed by atoms with Crippen LogP contribution in [0.3, 0.4) is 0 Å². The summed E-state index contributed by atoms with van der Waals surface area (Å²) >= 11 is 0. The molecule has 1 atom stereocenters. The van der Waals surface area contributed by atoms with Gasteiger partial charge in [-0.25, -0.2) is 0 Å². The maximum absolute atomic E-state index is 9.30. The quantitative estimate of drug-likeness (QED) is 0.801. The molecule has 92 valence electrons. The van der Waals surface area contributed by atoms with E-state index in [2.05, 4.69) is 38.7 Å². The molecule has 0 saturated carbocycles. The fourth-order valence-electron chi connectivity index (χ4n) is 2.47. The minimum Gasteiger partial charge on any atom is -0.508 e. The summed E-state index contributed by atoms with van der Waals surface area (Å²) in [4.78, 5) is 2.48. The Hall–Kier alpha value is -1.28. The fourth-order valence-corrected chi connectivity index (χ4v) is 2.47. The third-order valence-corrected chi connectivity index (χ3v) is 3.37. The lowest BCUT2D eigenvalue weighted by molar-refractivity contribution is 0.143. The van der Waals surface area contributed by atoms with Crippen molar-refractivity contribution in [3.8, 4) is 5.75 Å². The number of aromatic hydroxyl groups is 1. The molecule has 1 aliphatic heterocycles. The molecule has 1 unspecified atom stereocenters. The highest BCUT2D eigenvalue weighted by Gasteiger charge is 2.30. The normalized spacial score (nSPS) is 21.6. The van der Waals surface area contributed by atoms with E-state index in [1.54, 1.807) is 12.1 Å². The number of phenols is 1. The minimum atomic E-state index is 0.189. The minimum absolute atomic E-state index is 0.189. The van der Waals surface area contributed by atoms with Crippen molar-refractivity contribution in [1.29, 1.82) is 0 Å². The Labute approximate surface area is 104 Å². The van der Waals surface area contributed by atoms with Crippen LogP contribution in [0.1, 0.15) is 33.3 Å². The second-order valence-corrected chi connectivity index (χ2v) is 5.78. The van der Waals surface area contributed by atoms with E-state index in [9.17, 15) is 5.11 Å². The molecule has 1 heterocycles. The lowest BCUT2D eigenvalue weighted by atomic mass is 10.0. The number of benzene rings is 1. The zero-order valence-corrected chi connectivity index (χ0v) is 11.1. The van der Waals surface area contributed by atoms with E-state index in [-0.39, 0.29) is 5.54 Å². The van der Waals surface area contributed by atoms with Crippen molar-refractivity contribution >= 4 is 5.57 Å². The standard InChI is InChI=1S/C15H21NO/c1-11-9-13(10-16(11)15(2,3)4)12-5-7-14(17)8-6-12/h5-9,11,17H,10H2,1-4H3. The first-order chi connectivity index (χ1) is 7.88. The van der Waals surface area contributed by atoms with Gasteiger partial charge >= 0.3 is 0 Å². The highest BCUT2D eigenvalue weighted by molar-refractivity contribution is 5.70. The van der Waals surface area contributed by atoms with Crippen LogP contribution in [0.25, 0.3) is 5.57 Å². The van der Waals surface area contributed by atoms with E-state index in [1.165, 1.54) is 11.1 Å². The van der Waals surface area contributed by atoms with Gasteiger partial charge in [0.1, 0.15) is 5.75 Å². The maximum Gasteiger partial charge on any atom is 0.115 e. The third kappa shape index (κ3) is 2.52. The predicted molar refractivity (Wildman–Crippen MR) is 72.0 cm³/mol. The zero-order valence-electron chi connectivity index (χ0n) is 11.1. The highest BCUT2D eigenvalue weighted by atomic mass is 16.3. The number of rotatable bonds is 1. The van der Waals surface area contributed by atoms with E-state index < -0.39 is 0 Å². The van der Waals surface area contributed by atoms with E-state index in [1.807, 2.05) is 12.1 Å². The van der Waals surface area contributed by atoms with Gasteiger partial charge in [-0.15, -0.1) is 0 Å². The molecule has 2 rings (SSSR count). The van der Waals surface area contributed by atoms with Crippen molar-refractivity contribution in [2.24, 2.45) is 0 Å². The molecule has 0 amide bonds. The smallest absolute Gasteiger partial charge is 0.115 e. The molecule has 0 aliphatic carbocycles. The Bertz CT molecular complexity index is 425. The number of hydrogen-bond donors (Lipinski definition) is 1. The molecule has 0 spiro atoms. The summed E-state index contributed by atoms with van der Waals surface area (Å²) in [5.41, 5.74) is 2.75. The van der Waals surface area contributed by atoms with E-state index in [0.29, 0.717) is 11.8 Å². The van der Waals surface area contributed by atoms with Gasteiger partial charge in [0.25, 0.3) is 0 Å². The first kappa shape index (κ1) is 12.2. The molecule has 2 heteroatoms. The topological polar surface area (TPSA) is 23.5 Å². The first-order valence-electron chi connectivity index (χ1n) is 6.15. The SMILES string of the molecule is CC1C=C(c2ccc(O)cc2)CN1C(C)(C)C. The van der Waals surface area contributed by atoms with Gasteiger partial charge in [0, 0.05) is 18.1 Å². The molecule has 1 aromatic rings. The van der Waals surface area contributed by atoms with Crippen LogP contribution in [-0.2, 0) is 0 Å². The van der Waals surface area contributed by atoms with E-state index >= 15 is 0 Å². The molecule has 2 nitrogen and oxygen atoms in total. The van der Waals surface area contributed by atoms with Crippen LogP contribution < -0.4 is 0 Å². The van der Waals surface area contributed by atoms with Gasteiger partial charge in [-0.2, -0.15) is 0 Å². The van der Waals surface area contributed by atoms with Crippen LogP contribution >= 0.6 is 0 Å². The van der Waals surface area contributed by atoms with Crippen molar-refractivity contribution in [3.63, 3.8) is 0 Å². The van der Waals surface area contributed by atoms with Gasteiger partial charge in [0.15, 0.2) is 0 Å². The average Bonchev–Trinajstić information content (AvgIpc) is 2.61. The van der Waals surface area contributed by atoms with Gasteiger partial charge < -0.3 is 5.11 Å². The van der Waals surface area contributed by atoms with Crippen LogP contribution in [0.2, 0.25) is 0 Å². The Morgan fingerprint density at radius 3 is 2.24 bits per heavy atom. The first-order valence-corrected chi connectivity index (χ1v) is 6.15. The lowest BCUT2D eigenvalue weighted by Crippen LogP contribution is -2.43. The Morgan fingerprint density at radius 1 is 1.18 bits per heavy atom.